The minimum absolute atomic E-state index is 0.162. The molecule has 24 heavy (non-hydrogen) atoms. The van der Waals surface area contributed by atoms with Crippen molar-refractivity contribution in [3.8, 4) is 11.3 Å². The average Bonchev–Trinajstić information content (AvgIpc) is 2.61. The van der Waals surface area contributed by atoms with Crippen molar-refractivity contribution in [1.82, 2.24) is 14.5 Å². The molecule has 0 fully saturated rings. The van der Waals surface area contributed by atoms with Crippen molar-refractivity contribution in [2.24, 2.45) is 7.05 Å². The van der Waals surface area contributed by atoms with Crippen LogP contribution in [0.5, 0.6) is 0 Å². The number of hydrogen-bond acceptors (Lipinski definition) is 4. The van der Waals surface area contributed by atoms with Crippen LogP contribution < -0.4 is 10.9 Å². The predicted molar refractivity (Wildman–Crippen MR) is 91.3 cm³/mol. The van der Waals surface area contributed by atoms with Gasteiger partial charge in [-0.2, -0.15) is 0 Å². The van der Waals surface area contributed by atoms with Gasteiger partial charge in [-0.05, 0) is 30.2 Å². The van der Waals surface area contributed by atoms with Gasteiger partial charge in [-0.1, -0.05) is 18.2 Å². The molecule has 5 nitrogen and oxygen atoms in total. The number of halogens is 1. The SMILES string of the molecule is Cn1c(NCCc2ccccc2F)nc(-c2ccncc2)cc1=O. The number of benzene rings is 1. The smallest absolute Gasteiger partial charge is 0.255 e. The van der Waals surface area contributed by atoms with Crippen LogP contribution in [0.3, 0.4) is 0 Å². The Balaban J connectivity index is 1.79. The second kappa shape index (κ2) is 7.04. The summed E-state index contributed by atoms with van der Waals surface area (Å²) in [7, 11) is 1.65. The Morgan fingerprint density at radius 2 is 1.92 bits per heavy atom. The Labute approximate surface area is 138 Å². The molecule has 0 saturated carbocycles. The third-order valence-electron chi connectivity index (χ3n) is 3.75. The van der Waals surface area contributed by atoms with E-state index in [4.69, 9.17) is 0 Å². The quantitative estimate of drug-likeness (QED) is 0.784. The highest BCUT2D eigenvalue weighted by Crippen LogP contribution is 2.15. The molecule has 0 bridgehead atoms. The molecule has 0 spiro atoms. The Bertz CT molecular complexity index is 893. The molecule has 3 rings (SSSR count). The molecule has 6 heteroatoms. The molecule has 0 aliphatic carbocycles. The van der Waals surface area contributed by atoms with E-state index in [2.05, 4.69) is 15.3 Å². The predicted octanol–water partition coefficient (Wildman–Crippen LogP) is 2.64. The fourth-order valence-corrected chi connectivity index (χ4v) is 2.38. The number of pyridine rings is 1. The molecule has 0 radical (unpaired) electrons. The van der Waals surface area contributed by atoms with Crippen molar-refractivity contribution in [1.29, 1.82) is 0 Å². The molecule has 0 aliphatic heterocycles. The van der Waals surface area contributed by atoms with Crippen LogP contribution in [0.15, 0.2) is 59.7 Å². The largest absolute Gasteiger partial charge is 0.355 e. The van der Waals surface area contributed by atoms with Crippen molar-refractivity contribution in [3.63, 3.8) is 0 Å². The van der Waals surface area contributed by atoms with Crippen molar-refractivity contribution >= 4 is 5.95 Å². The fourth-order valence-electron chi connectivity index (χ4n) is 2.38. The van der Waals surface area contributed by atoms with Gasteiger partial charge < -0.3 is 5.32 Å². The molecule has 3 aromatic rings. The molecule has 2 aromatic heterocycles. The standard InChI is InChI=1S/C18H17FN4O/c1-23-17(24)12-16(14-6-9-20-10-7-14)22-18(23)21-11-8-13-4-2-3-5-15(13)19/h2-7,9-10,12H,8,11H2,1H3,(H,21,22). The van der Waals surface area contributed by atoms with Crippen molar-refractivity contribution in [2.75, 3.05) is 11.9 Å². The number of hydrogen-bond donors (Lipinski definition) is 1. The number of nitrogens with zero attached hydrogens (tertiary/aromatic N) is 3. The van der Waals surface area contributed by atoms with E-state index in [0.29, 0.717) is 30.2 Å². The Morgan fingerprint density at radius 3 is 2.67 bits per heavy atom. The first-order valence-corrected chi connectivity index (χ1v) is 7.61. The number of rotatable bonds is 5. The van der Waals surface area contributed by atoms with E-state index in [1.165, 1.54) is 16.7 Å². The van der Waals surface area contributed by atoms with E-state index in [1.54, 1.807) is 49.8 Å². The molecule has 0 atom stereocenters. The second-order valence-corrected chi connectivity index (χ2v) is 5.37. The van der Waals surface area contributed by atoms with E-state index in [1.807, 2.05) is 0 Å². The monoisotopic (exact) mass is 324 g/mol. The molecule has 122 valence electrons. The third kappa shape index (κ3) is 3.48. The van der Waals surface area contributed by atoms with Gasteiger partial charge in [-0.15, -0.1) is 0 Å². The van der Waals surface area contributed by atoms with Crippen molar-refractivity contribution in [3.05, 3.63) is 76.6 Å². The van der Waals surface area contributed by atoms with Crippen LogP contribution in [-0.4, -0.2) is 21.1 Å². The van der Waals surface area contributed by atoms with E-state index < -0.39 is 0 Å². The normalized spacial score (nSPS) is 10.6. The highest BCUT2D eigenvalue weighted by molar-refractivity contribution is 5.59. The molecule has 0 aliphatic rings. The Morgan fingerprint density at radius 1 is 1.17 bits per heavy atom. The third-order valence-corrected chi connectivity index (χ3v) is 3.75. The Hall–Kier alpha value is -3.02. The van der Waals surface area contributed by atoms with Crippen LogP contribution in [-0.2, 0) is 13.5 Å². The molecular formula is C18H17FN4O. The zero-order valence-electron chi connectivity index (χ0n) is 13.2. The average molecular weight is 324 g/mol. The van der Waals surface area contributed by atoms with Crippen LogP contribution in [0.1, 0.15) is 5.56 Å². The highest BCUT2D eigenvalue weighted by atomic mass is 19.1. The first-order chi connectivity index (χ1) is 11.6. The summed E-state index contributed by atoms with van der Waals surface area (Å²) in [4.78, 5) is 20.6. The summed E-state index contributed by atoms with van der Waals surface area (Å²) in [6.45, 7) is 0.473. The van der Waals surface area contributed by atoms with Gasteiger partial charge in [0.05, 0.1) is 5.69 Å². The van der Waals surface area contributed by atoms with Crippen LogP contribution >= 0.6 is 0 Å². The van der Waals surface area contributed by atoms with Crippen LogP contribution in [0.4, 0.5) is 10.3 Å². The van der Waals surface area contributed by atoms with Gasteiger partial charge >= 0.3 is 0 Å². The van der Waals surface area contributed by atoms with Gasteiger partial charge in [-0.25, -0.2) is 9.37 Å². The number of aromatic nitrogens is 3. The maximum atomic E-state index is 13.6. The van der Waals surface area contributed by atoms with Gasteiger partial charge in [0.2, 0.25) is 5.95 Å². The summed E-state index contributed by atoms with van der Waals surface area (Å²) in [6, 6.07) is 11.7. The van der Waals surface area contributed by atoms with Crippen molar-refractivity contribution < 1.29 is 4.39 Å². The molecule has 0 saturated heterocycles. The maximum Gasteiger partial charge on any atom is 0.255 e. The maximum absolute atomic E-state index is 13.6. The first-order valence-electron chi connectivity index (χ1n) is 7.61. The lowest BCUT2D eigenvalue weighted by atomic mass is 10.1. The van der Waals surface area contributed by atoms with E-state index >= 15 is 0 Å². The summed E-state index contributed by atoms with van der Waals surface area (Å²) >= 11 is 0. The van der Waals surface area contributed by atoms with Gasteiger partial charge in [-0.3, -0.25) is 14.3 Å². The van der Waals surface area contributed by atoms with Gasteiger partial charge in [0.25, 0.3) is 5.56 Å². The van der Waals surface area contributed by atoms with Crippen LogP contribution in [0.2, 0.25) is 0 Å². The summed E-state index contributed by atoms with van der Waals surface area (Å²) in [5.41, 5.74) is 1.86. The molecule has 1 N–H and O–H groups in total. The summed E-state index contributed by atoms with van der Waals surface area (Å²) in [5, 5.41) is 3.11. The zero-order valence-corrected chi connectivity index (χ0v) is 13.2. The van der Waals surface area contributed by atoms with E-state index in [-0.39, 0.29) is 11.4 Å². The lowest BCUT2D eigenvalue weighted by Gasteiger charge is -2.12. The zero-order chi connectivity index (χ0) is 16.9. The number of anilines is 1. The minimum atomic E-state index is -0.230. The number of nitrogens with one attached hydrogen (secondary N) is 1. The lowest BCUT2D eigenvalue weighted by Crippen LogP contribution is -2.22. The molecular weight excluding hydrogens is 307 g/mol. The molecule has 0 amide bonds. The van der Waals surface area contributed by atoms with Crippen LogP contribution in [0.25, 0.3) is 11.3 Å². The molecule has 1 aromatic carbocycles. The molecule has 2 heterocycles. The fraction of sp³-hybridized carbons (Fsp3) is 0.167. The van der Waals surface area contributed by atoms with E-state index in [0.717, 1.165) is 5.56 Å². The van der Waals surface area contributed by atoms with Gasteiger partial charge in [0, 0.05) is 37.6 Å². The summed E-state index contributed by atoms with van der Waals surface area (Å²) in [5.74, 6) is 0.220. The second-order valence-electron chi connectivity index (χ2n) is 5.37. The minimum Gasteiger partial charge on any atom is -0.355 e. The van der Waals surface area contributed by atoms with Crippen molar-refractivity contribution in [2.45, 2.75) is 6.42 Å². The topological polar surface area (TPSA) is 59.8 Å². The van der Waals surface area contributed by atoms with Gasteiger partial charge in [0.15, 0.2) is 0 Å². The van der Waals surface area contributed by atoms with Crippen LogP contribution in [0, 0.1) is 5.82 Å². The van der Waals surface area contributed by atoms with Gasteiger partial charge in [0.1, 0.15) is 5.82 Å². The highest BCUT2D eigenvalue weighted by Gasteiger charge is 2.08. The summed E-state index contributed by atoms with van der Waals surface area (Å²) < 4.78 is 15.1. The first kappa shape index (κ1) is 15.9. The lowest BCUT2D eigenvalue weighted by molar-refractivity contribution is 0.610. The summed E-state index contributed by atoms with van der Waals surface area (Å²) in [6.07, 6.45) is 3.81. The van der Waals surface area contributed by atoms with E-state index in [9.17, 15) is 9.18 Å². The Kier molecular flexibility index (Phi) is 4.65. The molecule has 0 unspecified atom stereocenters.